The number of carbonyl (C=O) groups excluding carboxylic acids is 1. The lowest BCUT2D eigenvalue weighted by Crippen LogP contribution is -2.50. The molecule has 1 aliphatic rings. The fourth-order valence-electron chi connectivity index (χ4n) is 2.58. The topological polar surface area (TPSA) is 32.3 Å². The molecule has 1 amide bonds. The van der Waals surface area contributed by atoms with Gasteiger partial charge in [-0.2, -0.15) is 0 Å². The summed E-state index contributed by atoms with van der Waals surface area (Å²) in [5.74, 6) is 0.691. The van der Waals surface area contributed by atoms with Gasteiger partial charge in [-0.1, -0.05) is 13.0 Å². The Labute approximate surface area is 113 Å². The summed E-state index contributed by atoms with van der Waals surface area (Å²) >= 11 is 1.80. The van der Waals surface area contributed by atoms with Gasteiger partial charge in [0.15, 0.2) is 0 Å². The number of amides is 1. The van der Waals surface area contributed by atoms with E-state index in [-0.39, 0.29) is 5.91 Å². The number of hydrogen-bond donors (Lipinski definition) is 1. The van der Waals surface area contributed by atoms with Crippen molar-refractivity contribution < 1.29 is 4.79 Å². The van der Waals surface area contributed by atoms with E-state index < -0.39 is 0 Å². The summed E-state index contributed by atoms with van der Waals surface area (Å²) in [6, 6.07) is 4.73. The molecule has 18 heavy (non-hydrogen) atoms. The second-order valence-electron chi connectivity index (χ2n) is 5.02. The maximum atomic E-state index is 11.6. The third kappa shape index (κ3) is 3.33. The highest BCUT2D eigenvalue weighted by atomic mass is 32.1. The van der Waals surface area contributed by atoms with Gasteiger partial charge in [0.1, 0.15) is 0 Å². The van der Waals surface area contributed by atoms with Crippen molar-refractivity contribution in [1.29, 1.82) is 0 Å². The van der Waals surface area contributed by atoms with Crippen LogP contribution in [0.5, 0.6) is 0 Å². The first-order valence-corrected chi connectivity index (χ1v) is 7.61. The monoisotopic (exact) mass is 266 g/mol. The summed E-state index contributed by atoms with van der Waals surface area (Å²) in [7, 11) is 0. The molecular formula is C14H22N2OS. The minimum Gasteiger partial charge on any atom is -0.341 e. The highest BCUT2D eigenvalue weighted by Gasteiger charge is 2.29. The smallest absolute Gasteiger partial charge is 0.219 e. The van der Waals surface area contributed by atoms with Crippen LogP contribution >= 0.6 is 11.3 Å². The van der Waals surface area contributed by atoms with E-state index in [1.165, 1.54) is 4.88 Å². The molecule has 1 aromatic rings. The molecule has 0 bridgehead atoms. The Kier molecular flexibility index (Phi) is 4.78. The molecule has 1 saturated heterocycles. The molecule has 0 spiro atoms. The summed E-state index contributed by atoms with van der Waals surface area (Å²) in [5.41, 5.74) is 0. The average molecular weight is 266 g/mol. The molecule has 1 aliphatic heterocycles. The first kappa shape index (κ1) is 13.6. The number of nitrogens with one attached hydrogen (secondary N) is 1. The van der Waals surface area contributed by atoms with Gasteiger partial charge in [-0.15, -0.1) is 11.3 Å². The maximum absolute atomic E-state index is 11.6. The summed E-state index contributed by atoms with van der Waals surface area (Å²) < 4.78 is 0. The average Bonchev–Trinajstić information content (AvgIpc) is 2.89. The summed E-state index contributed by atoms with van der Waals surface area (Å²) in [6.45, 7) is 6.62. The highest BCUT2D eigenvalue weighted by Crippen LogP contribution is 2.30. The molecule has 0 aromatic carbocycles. The molecular weight excluding hydrogens is 244 g/mol. The lowest BCUT2D eigenvalue weighted by atomic mass is 9.92. The summed E-state index contributed by atoms with van der Waals surface area (Å²) in [5, 5.41) is 5.68. The third-order valence-corrected chi connectivity index (χ3v) is 4.56. The van der Waals surface area contributed by atoms with Crippen LogP contribution < -0.4 is 5.32 Å². The lowest BCUT2D eigenvalue weighted by Gasteiger charge is -2.37. The van der Waals surface area contributed by atoms with E-state index in [0.29, 0.717) is 12.0 Å². The molecule has 2 unspecified atom stereocenters. The van der Waals surface area contributed by atoms with Crippen LogP contribution in [0.25, 0.3) is 0 Å². The largest absolute Gasteiger partial charge is 0.341 e. The predicted octanol–water partition coefficient (Wildman–Crippen LogP) is 2.45. The van der Waals surface area contributed by atoms with Crippen molar-refractivity contribution in [1.82, 2.24) is 10.2 Å². The zero-order valence-corrected chi connectivity index (χ0v) is 12.0. The predicted molar refractivity (Wildman–Crippen MR) is 76.0 cm³/mol. The van der Waals surface area contributed by atoms with E-state index in [9.17, 15) is 4.79 Å². The Hall–Kier alpha value is -0.870. The Morgan fingerprint density at radius 2 is 2.39 bits per heavy atom. The van der Waals surface area contributed by atoms with Crippen LogP contribution in [0.15, 0.2) is 17.5 Å². The Balaban J connectivity index is 2.04. The highest BCUT2D eigenvalue weighted by molar-refractivity contribution is 7.10. The van der Waals surface area contributed by atoms with Gasteiger partial charge in [0.2, 0.25) is 5.91 Å². The van der Waals surface area contributed by atoms with Gasteiger partial charge >= 0.3 is 0 Å². The number of thiophene rings is 1. The van der Waals surface area contributed by atoms with Crippen molar-refractivity contribution in [3.63, 3.8) is 0 Å². The number of carbonyl (C=O) groups is 1. The van der Waals surface area contributed by atoms with Crippen LogP contribution in [-0.2, 0) is 4.79 Å². The van der Waals surface area contributed by atoms with Gasteiger partial charge in [0.05, 0.1) is 0 Å². The zero-order chi connectivity index (χ0) is 13.0. The molecule has 100 valence electrons. The number of rotatable bonds is 4. The minimum absolute atomic E-state index is 0.194. The molecule has 2 heterocycles. The van der Waals surface area contributed by atoms with Crippen molar-refractivity contribution >= 4 is 17.2 Å². The van der Waals surface area contributed by atoms with E-state index in [4.69, 9.17) is 0 Å². The lowest BCUT2D eigenvalue weighted by molar-refractivity contribution is -0.130. The van der Waals surface area contributed by atoms with Gasteiger partial charge in [-0.3, -0.25) is 4.79 Å². The molecule has 0 radical (unpaired) electrons. The second kappa shape index (κ2) is 6.34. The van der Waals surface area contributed by atoms with Crippen LogP contribution in [0.1, 0.15) is 37.5 Å². The molecule has 1 N–H and O–H groups in total. The van der Waals surface area contributed by atoms with E-state index in [0.717, 1.165) is 32.5 Å². The van der Waals surface area contributed by atoms with Crippen molar-refractivity contribution in [2.75, 3.05) is 19.6 Å². The minimum atomic E-state index is 0.194. The van der Waals surface area contributed by atoms with Crippen LogP contribution in [0.3, 0.4) is 0 Å². The van der Waals surface area contributed by atoms with Gasteiger partial charge in [0, 0.05) is 36.9 Å². The van der Waals surface area contributed by atoms with Crippen LogP contribution in [0.4, 0.5) is 0 Å². The summed E-state index contributed by atoms with van der Waals surface area (Å²) in [6.07, 6.45) is 2.28. The molecule has 4 heteroatoms. The number of piperidine rings is 1. The molecule has 2 rings (SSSR count). The van der Waals surface area contributed by atoms with Crippen molar-refractivity contribution in [3.8, 4) is 0 Å². The first-order valence-electron chi connectivity index (χ1n) is 6.73. The Morgan fingerprint density at radius 1 is 1.56 bits per heavy atom. The van der Waals surface area contributed by atoms with Gasteiger partial charge in [0.25, 0.3) is 0 Å². The molecule has 1 aromatic heterocycles. The molecule has 0 saturated carbocycles. The van der Waals surface area contributed by atoms with Gasteiger partial charge in [-0.05, 0) is 30.8 Å². The zero-order valence-electron chi connectivity index (χ0n) is 11.2. The van der Waals surface area contributed by atoms with Crippen LogP contribution in [-0.4, -0.2) is 36.5 Å². The number of likely N-dealkylation sites (tertiary alicyclic amines) is 1. The SMILES string of the molecule is CCCNC1CC(c2cccs2)CN(C(C)=O)C1. The van der Waals surface area contributed by atoms with Crippen molar-refractivity contribution in [2.24, 2.45) is 0 Å². The molecule has 2 atom stereocenters. The normalized spacial score (nSPS) is 24.2. The fourth-order valence-corrected chi connectivity index (χ4v) is 3.42. The van der Waals surface area contributed by atoms with Crippen LogP contribution in [0, 0.1) is 0 Å². The number of hydrogen-bond acceptors (Lipinski definition) is 3. The van der Waals surface area contributed by atoms with Gasteiger partial charge < -0.3 is 10.2 Å². The van der Waals surface area contributed by atoms with E-state index in [1.807, 2.05) is 4.90 Å². The Morgan fingerprint density at radius 3 is 3.00 bits per heavy atom. The quantitative estimate of drug-likeness (QED) is 0.908. The van der Waals surface area contributed by atoms with E-state index in [1.54, 1.807) is 18.3 Å². The van der Waals surface area contributed by atoms with Crippen molar-refractivity contribution in [2.45, 2.75) is 38.6 Å². The molecule has 1 fully saturated rings. The maximum Gasteiger partial charge on any atom is 0.219 e. The van der Waals surface area contributed by atoms with Gasteiger partial charge in [-0.25, -0.2) is 0 Å². The summed E-state index contributed by atoms with van der Waals surface area (Å²) in [4.78, 5) is 15.0. The van der Waals surface area contributed by atoms with E-state index in [2.05, 4.69) is 29.8 Å². The van der Waals surface area contributed by atoms with Crippen LogP contribution in [0.2, 0.25) is 0 Å². The van der Waals surface area contributed by atoms with E-state index >= 15 is 0 Å². The molecule has 3 nitrogen and oxygen atoms in total. The Bertz CT molecular complexity index is 377. The van der Waals surface area contributed by atoms with Crippen molar-refractivity contribution in [3.05, 3.63) is 22.4 Å². The second-order valence-corrected chi connectivity index (χ2v) is 6.00. The standard InChI is InChI=1S/C14H22N2OS/c1-3-6-15-13-8-12(14-5-4-7-18-14)9-16(10-13)11(2)17/h4-5,7,12-13,15H,3,6,8-10H2,1-2H3. The first-order chi connectivity index (χ1) is 8.70. The third-order valence-electron chi connectivity index (χ3n) is 3.52. The molecule has 0 aliphatic carbocycles. The number of nitrogens with zero attached hydrogens (tertiary/aromatic N) is 1. The fraction of sp³-hybridized carbons (Fsp3) is 0.643.